The molecule has 1 heterocycles. The van der Waals surface area contributed by atoms with Gasteiger partial charge in [-0.2, -0.15) is 0 Å². The van der Waals surface area contributed by atoms with Crippen LogP contribution in [-0.4, -0.2) is 55.7 Å². The summed E-state index contributed by atoms with van der Waals surface area (Å²) in [4.78, 5) is 13.4. The second kappa shape index (κ2) is 6.43. The van der Waals surface area contributed by atoms with E-state index < -0.39 is 12.0 Å². The molecule has 0 aliphatic carbocycles. The van der Waals surface area contributed by atoms with Crippen LogP contribution in [0.25, 0.3) is 0 Å². The van der Waals surface area contributed by atoms with E-state index in [1.807, 2.05) is 13.8 Å². The fraction of sp³-hybridized carbons (Fsp3) is 0.917. The molecule has 1 atom stereocenters. The van der Waals surface area contributed by atoms with Gasteiger partial charge in [0.15, 0.2) is 0 Å². The SMILES string of the molecule is COCC1CN(C(=O)CCC(F)F)CC(C)(C)O1. The summed E-state index contributed by atoms with van der Waals surface area (Å²) in [7, 11) is 1.56. The van der Waals surface area contributed by atoms with E-state index in [4.69, 9.17) is 9.47 Å². The number of methoxy groups -OCH3 is 1. The molecular formula is C12H21F2NO3. The topological polar surface area (TPSA) is 38.8 Å². The third-order valence-corrected chi connectivity index (χ3v) is 2.76. The monoisotopic (exact) mass is 265 g/mol. The fourth-order valence-electron chi connectivity index (χ4n) is 2.15. The molecule has 0 spiro atoms. The molecule has 0 radical (unpaired) electrons. The quantitative estimate of drug-likeness (QED) is 0.759. The van der Waals surface area contributed by atoms with E-state index in [9.17, 15) is 13.6 Å². The average molecular weight is 265 g/mol. The molecule has 1 saturated heterocycles. The number of hydrogen-bond donors (Lipinski definition) is 0. The van der Waals surface area contributed by atoms with Gasteiger partial charge in [-0.3, -0.25) is 4.79 Å². The third-order valence-electron chi connectivity index (χ3n) is 2.76. The highest BCUT2D eigenvalue weighted by Gasteiger charge is 2.35. The molecule has 1 fully saturated rings. The van der Waals surface area contributed by atoms with Gasteiger partial charge < -0.3 is 14.4 Å². The Morgan fingerprint density at radius 2 is 2.22 bits per heavy atom. The van der Waals surface area contributed by atoms with Crippen molar-refractivity contribution in [3.63, 3.8) is 0 Å². The van der Waals surface area contributed by atoms with Crippen molar-refractivity contribution < 1.29 is 23.0 Å². The van der Waals surface area contributed by atoms with Crippen LogP contribution in [0.2, 0.25) is 0 Å². The van der Waals surface area contributed by atoms with Gasteiger partial charge >= 0.3 is 0 Å². The van der Waals surface area contributed by atoms with Crippen LogP contribution in [0.5, 0.6) is 0 Å². The van der Waals surface area contributed by atoms with Gasteiger partial charge in [0.2, 0.25) is 12.3 Å². The number of rotatable bonds is 5. The maximum absolute atomic E-state index is 12.1. The maximum atomic E-state index is 12.1. The molecule has 0 saturated carbocycles. The predicted molar refractivity (Wildman–Crippen MR) is 62.6 cm³/mol. The molecule has 1 rings (SSSR count). The van der Waals surface area contributed by atoms with E-state index in [1.54, 1.807) is 12.0 Å². The molecule has 0 N–H and O–H groups in total. The number of morpholine rings is 1. The number of nitrogens with zero attached hydrogens (tertiary/aromatic N) is 1. The lowest BCUT2D eigenvalue weighted by Gasteiger charge is -2.42. The summed E-state index contributed by atoms with van der Waals surface area (Å²) < 4.78 is 35.0. The molecule has 18 heavy (non-hydrogen) atoms. The molecule has 0 bridgehead atoms. The molecule has 6 heteroatoms. The highest BCUT2D eigenvalue weighted by atomic mass is 19.3. The Kier molecular flexibility index (Phi) is 5.47. The molecule has 106 valence electrons. The van der Waals surface area contributed by atoms with Crippen molar-refractivity contribution in [3.05, 3.63) is 0 Å². The molecule has 1 aliphatic heterocycles. The minimum absolute atomic E-state index is 0.118. The van der Waals surface area contributed by atoms with Crippen LogP contribution in [0.3, 0.4) is 0 Å². The van der Waals surface area contributed by atoms with Crippen molar-refractivity contribution in [1.82, 2.24) is 4.90 Å². The summed E-state index contributed by atoms with van der Waals surface area (Å²) in [5.41, 5.74) is -0.470. The molecule has 0 aromatic carbocycles. The Bertz CT molecular complexity index is 284. The smallest absolute Gasteiger partial charge is 0.239 e. The number of ether oxygens (including phenoxy) is 2. The summed E-state index contributed by atoms with van der Waals surface area (Å²) in [5.74, 6) is -0.243. The molecule has 0 aromatic rings. The zero-order chi connectivity index (χ0) is 13.8. The van der Waals surface area contributed by atoms with E-state index in [1.165, 1.54) is 0 Å². The van der Waals surface area contributed by atoms with Crippen LogP contribution in [0, 0.1) is 0 Å². The predicted octanol–water partition coefficient (Wildman–Crippen LogP) is 1.68. The minimum atomic E-state index is -2.43. The number of alkyl halides is 2. The van der Waals surface area contributed by atoms with Gasteiger partial charge in [-0.1, -0.05) is 0 Å². The Morgan fingerprint density at radius 3 is 2.78 bits per heavy atom. The maximum Gasteiger partial charge on any atom is 0.239 e. The highest BCUT2D eigenvalue weighted by Crippen LogP contribution is 2.22. The average Bonchev–Trinajstić information content (AvgIpc) is 2.24. The van der Waals surface area contributed by atoms with E-state index >= 15 is 0 Å². The summed E-state index contributed by atoms with van der Waals surface area (Å²) >= 11 is 0. The summed E-state index contributed by atoms with van der Waals surface area (Å²) in [5, 5.41) is 0. The van der Waals surface area contributed by atoms with Crippen LogP contribution < -0.4 is 0 Å². The molecule has 1 unspecified atom stereocenters. The molecule has 1 aliphatic rings. The van der Waals surface area contributed by atoms with Gasteiger partial charge in [0.05, 0.1) is 18.3 Å². The number of carbonyl (C=O) groups is 1. The van der Waals surface area contributed by atoms with Crippen molar-refractivity contribution in [2.24, 2.45) is 0 Å². The second-order valence-corrected chi connectivity index (χ2v) is 5.16. The summed E-state index contributed by atoms with van der Waals surface area (Å²) in [6, 6.07) is 0. The van der Waals surface area contributed by atoms with Crippen molar-refractivity contribution in [2.75, 3.05) is 26.8 Å². The van der Waals surface area contributed by atoms with Gasteiger partial charge in [-0.05, 0) is 13.8 Å². The zero-order valence-corrected chi connectivity index (χ0v) is 11.1. The Labute approximate surface area is 106 Å². The van der Waals surface area contributed by atoms with E-state index in [0.717, 1.165) is 0 Å². The van der Waals surface area contributed by atoms with Crippen molar-refractivity contribution in [2.45, 2.75) is 44.8 Å². The van der Waals surface area contributed by atoms with E-state index in [2.05, 4.69) is 0 Å². The second-order valence-electron chi connectivity index (χ2n) is 5.16. The zero-order valence-electron chi connectivity index (χ0n) is 11.1. The number of halogens is 2. The lowest BCUT2D eigenvalue weighted by atomic mass is 10.0. The van der Waals surface area contributed by atoms with Gasteiger partial charge in [-0.15, -0.1) is 0 Å². The third kappa shape index (κ3) is 4.86. The van der Waals surface area contributed by atoms with Gasteiger partial charge in [0.1, 0.15) is 0 Å². The van der Waals surface area contributed by atoms with E-state index in [-0.39, 0.29) is 24.9 Å². The van der Waals surface area contributed by atoms with Crippen LogP contribution in [0.4, 0.5) is 8.78 Å². The van der Waals surface area contributed by atoms with Crippen molar-refractivity contribution in [3.8, 4) is 0 Å². The lowest BCUT2D eigenvalue weighted by Crippen LogP contribution is -2.55. The first-order chi connectivity index (χ1) is 8.34. The largest absolute Gasteiger partial charge is 0.382 e. The molecule has 0 aromatic heterocycles. The summed E-state index contributed by atoms with van der Waals surface area (Å²) in [6.45, 7) is 4.97. The van der Waals surface area contributed by atoms with Crippen LogP contribution in [0.1, 0.15) is 26.7 Å². The Morgan fingerprint density at radius 1 is 1.56 bits per heavy atom. The number of amides is 1. The lowest BCUT2D eigenvalue weighted by molar-refractivity contribution is -0.169. The Hall–Kier alpha value is -0.750. The van der Waals surface area contributed by atoms with Crippen LogP contribution >= 0.6 is 0 Å². The first-order valence-electron chi connectivity index (χ1n) is 6.07. The molecular weight excluding hydrogens is 244 g/mol. The standard InChI is InChI=1S/C12H21F2NO3/c1-12(2)8-15(6-9(18-12)7-17-3)11(16)5-4-10(13)14/h9-10H,4-8H2,1-3H3. The van der Waals surface area contributed by atoms with Gasteiger partial charge in [0.25, 0.3) is 0 Å². The minimum Gasteiger partial charge on any atom is -0.382 e. The number of hydrogen-bond acceptors (Lipinski definition) is 3. The normalized spacial score (nSPS) is 23.4. The van der Waals surface area contributed by atoms with Crippen LogP contribution in [-0.2, 0) is 14.3 Å². The van der Waals surface area contributed by atoms with Crippen LogP contribution in [0.15, 0.2) is 0 Å². The summed E-state index contributed by atoms with van der Waals surface area (Å²) in [6.07, 6.45) is -3.13. The molecule has 4 nitrogen and oxygen atoms in total. The van der Waals surface area contributed by atoms with Gasteiger partial charge in [-0.25, -0.2) is 8.78 Å². The van der Waals surface area contributed by atoms with Crippen molar-refractivity contribution >= 4 is 5.91 Å². The highest BCUT2D eigenvalue weighted by molar-refractivity contribution is 5.76. The first-order valence-corrected chi connectivity index (χ1v) is 6.07. The Balaban J connectivity index is 2.55. The number of carbonyl (C=O) groups excluding carboxylic acids is 1. The first kappa shape index (κ1) is 15.3. The molecule has 1 amide bonds. The van der Waals surface area contributed by atoms with Gasteiger partial charge in [0, 0.05) is 33.0 Å². The fourth-order valence-corrected chi connectivity index (χ4v) is 2.15. The van der Waals surface area contributed by atoms with E-state index in [0.29, 0.717) is 19.7 Å². The van der Waals surface area contributed by atoms with Crippen molar-refractivity contribution in [1.29, 1.82) is 0 Å².